The number of unbranched alkanes of at least 4 members (excludes halogenated alkanes) is 4. The quantitative estimate of drug-likeness (QED) is 0.314. The van der Waals surface area contributed by atoms with Crippen LogP contribution in [-0.4, -0.2) is 17.5 Å². The molecule has 0 amide bonds. The number of aliphatic hydroxyl groups is 1. The van der Waals surface area contributed by atoms with Gasteiger partial charge in [-0.05, 0) is 42.6 Å². The Morgan fingerprint density at radius 1 is 1.05 bits per heavy atom. The molecule has 0 aliphatic carbocycles. The van der Waals surface area contributed by atoms with Crippen LogP contribution in [0, 0.1) is 23.7 Å². The molecule has 102 valence electrons. The number of aliphatic hydroxyl groups excluding tert-OH is 1. The molecule has 0 heterocycles. The first-order valence-corrected chi connectivity index (χ1v) is 6.77. The van der Waals surface area contributed by atoms with E-state index in [4.69, 9.17) is 0 Å². The molecule has 1 N–H and O–H groups in total. The first kappa shape index (κ1) is 17.2. The second-order valence-electron chi connectivity index (χ2n) is 4.16. The van der Waals surface area contributed by atoms with Crippen LogP contribution in [0.25, 0.3) is 0 Å². The van der Waals surface area contributed by atoms with Crippen molar-refractivity contribution in [3.05, 3.63) is 24.3 Å². The summed E-state index contributed by atoms with van der Waals surface area (Å²) in [6, 6.07) is 0. The summed E-state index contributed by atoms with van der Waals surface area (Å²) >= 11 is 0. The number of rotatable bonds is 8. The average Bonchev–Trinajstić information content (AvgIpc) is 2.41. The van der Waals surface area contributed by atoms with Gasteiger partial charge in [0.2, 0.25) is 0 Å². The average molecular weight is 258 g/mol. The fourth-order valence-corrected chi connectivity index (χ4v) is 1.46. The van der Waals surface area contributed by atoms with Crippen molar-refractivity contribution in [2.75, 3.05) is 0 Å². The molecule has 0 saturated heterocycles. The van der Waals surface area contributed by atoms with E-state index in [2.05, 4.69) is 30.6 Å². The van der Waals surface area contributed by atoms with Gasteiger partial charge in [0.25, 0.3) is 0 Å². The molecule has 0 aliphatic heterocycles. The van der Waals surface area contributed by atoms with Gasteiger partial charge in [-0.1, -0.05) is 50.9 Å². The fourth-order valence-electron chi connectivity index (χ4n) is 1.46. The molecule has 0 aromatic carbocycles. The summed E-state index contributed by atoms with van der Waals surface area (Å²) < 4.78 is 0. The molecule has 0 rings (SSSR count). The number of carbonyl (C=O) groups is 1. The van der Waals surface area contributed by atoms with Crippen molar-refractivity contribution in [2.45, 2.75) is 51.6 Å². The maximum atomic E-state index is 9.93. The van der Waals surface area contributed by atoms with Crippen LogP contribution in [0.5, 0.6) is 0 Å². The molecule has 0 aliphatic rings. The maximum absolute atomic E-state index is 9.93. The van der Waals surface area contributed by atoms with Gasteiger partial charge < -0.3 is 5.11 Å². The van der Waals surface area contributed by atoms with E-state index in [-0.39, 0.29) is 0 Å². The molecule has 0 aromatic heterocycles. The van der Waals surface area contributed by atoms with Crippen molar-refractivity contribution in [1.29, 1.82) is 0 Å². The smallest absolute Gasteiger partial charge is 0.143 e. The van der Waals surface area contributed by atoms with E-state index in [1.807, 2.05) is 0 Å². The Morgan fingerprint density at radius 3 is 2.42 bits per heavy atom. The largest absolute Gasteiger partial charge is 0.389 e. The highest BCUT2D eigenvalue weighted by atomic mass is 16.3. The number of aldehydes is 1. The van der Waals surface area contributed by atoms with Gasteiger partial charge in [-0.15, -0.1) is 0 Å². The molecule has 2 nitrogen and oxygen atoms in total. The normalized spacial score (nSPS) is 11.7. The van der Waals surface area contributed by atoms with E-state index in [9.17, 15) is 9.90 Å². The summed E-state index contributed by atoms with van der Waals surface area (Å²) in [5, 5.41) is 9.64. The lowest BCUT2D eigenvalue weighted by molar-refractivity contribution is -0.104. The Bertz CT molecular complexity index is 396. The predicted molar refractivity (Wildman–Crippen MR) is 79.3 cm³/mol. The lowest BCUT2D eigenvalue weighted by Crippen LogP contribution is -2.01. The zero-order valence-corrected chi connectivity index (χ0v) is 11.6. The lowest BCUT2D eigenvalue weighted by Gasteiger charge is -2.03. The highest BCUT2D eigenvalue weighted by Crippen LogP contribution is 2.07. The summed E-state index contributed by atoms with van der Waals surface area (Å²) in [5.74, 6) is 10.5. The Balaban J connectivity index is 3.74. The van der Waals surface area contributed by atoms with Gasteiger partial charge in [-0.25, -0.2) is 0 Å². The minimum atomic E-state index is -0.418. The minimum absolute atomic E-state index is 0.418. The van der Waals surface area contributed by atoms with E-state index in [0.29, 0.717) is 6.29 Å². The molecule has 0 saturated carbocycles. The van der Waals surface area contributed by atoms with Crippen LogP contribution in [0.2, 0.25) is 0 Å². The van der Waals surface area contributed by atoms with Crippen LogP contribution in [0.1, 0.15) is 45.4 Å². The third-order valence-electron chi connectivity index (χ3n) is 2.47. The van der Waals surface area contributed by atoms with Gasteiger partial charge in [-0.2, -0.15) is 0 Å². The number of allylic oxidation sites excluding steroid dienone is 3. The van der Waals surface area contributed by atoms with E-state index in [0.717, 1.165) is 12.8 Å². The third kappa shape index (κ3) is 14.2. The van der Waals surface area contributed by atoms with E-state index in [1.165, 1.54) is 37.8 Å². The predicted octanol–water partition coefficient (Wildman–Crippen LogP) is 3.03. The van der Waals surface area contributed by atoms with E-state index < -0.39 is 6.10 Å². The zero-order valence-electron chi connectivity index (χ0n) is 11.6. The van der Waals surface area contributed by atoms with Crippen molar-refractivity contribution in [2.24, 2.45) is 0 Å². The topological polar surface area (TPSA) is 37.3 Å². The highest BCUT2D eigenvalue weighted by Gasteiger charge is 1.97. The van der Waals surface area contributed by atoms with Gasteiger partial charge in [-0.3, -0.25) is 4.79 Å². The first-order chi connectivity index (χ1) is 9.31. The molecule has 0 spiro atoms. The molecule has 19 heavy (non-hydrogen) atoms. The molecular formula is C17H22O2. The standard InChI is InChI=1S/C17H22O2/c1-2-3-4-8-11-14-17(19)15-12-9-6-5-7-10-13-16-18/h10,12-13,15-17,19H,2-4,8,11,14H2,1H3/b13-10+,15-12+/t17-/m1/s1. The molecule has 1 atom stereocenters. The number of hydrogen-bond acceptors (Lipinski definition) is 2. The molecule has 0 aromatic rings. The van der Waals surface area contributed by atoms with E-state index >= 15 is 0 Å². The van der Waals surface area contributed by atoms with Crippen molar-refractivity contribution in [3.8, 4) is 23.7 Å². The number of hydrogen-bond donors (Lipinski definition) is 1. The van der Waals surface area contributed by atoms with E-state index in [1.54, 1.807) is 12.2 Å². The maximum Gasteiger partial charge on any atom is 0.143 e. The Morgan fingerprint density at radius 2 is 1.74 bits per heavy atom. The molecular weight excluding hydrogens is 236 g/mol. The molecule has 0 radical (unpaired) electrons. The Hall–Kier alpha value is -1.77. The lowest BCUT2D eigenvalue weighted by atomic mass is 10.1. The van der Waals surface area contributed by atoms with Gasteiger partial charge in [0.05, 0.1) is 6.10 Å². The van der Waals surface area contributed by atoms with Gasteiger partial charge in [0.15, 0.2) is 0 Å². The summed E-state index contributed by atoms with van der Waals surface area (Å²) in [5.41, 5.74) is 0. The SMILES string of the molecule is CCCCCCC[C@@H](O)/C=C/C#CC#C/C=C/C=O. The minimum Gasteiger partial charge on any atom is -0.389 e. The highest BCUT2D eigenvalue weighted by molar-refractivity contribution is 5.65. The second kappa shape index (κ2) is 14.3. The molecule has 0 bridgehead atoms. The Kier molecular flexibility index (Phi) is 13.0. The summed E-state index contributed by atoms with van der Waals surface area (Å²) in [7, 11) is 0. The van der Waals surface area contributed by atoms with Gasteiger partial charge in [0, 0.05) is 0 Å². The van der Waals surface area contributed by atoms with Crippen LogP contribution in [0.3, 0.4) is 0 Å². The van der Waals surface area contributed by atoms with Crippen LogP contribution < -0.4 is 0 Å². The zero-order chi connectivity index (χ0) is 14.2. The summed E-state index contributed by atoms with van der Waals surface area (Å²) in [4.78, 5) is 9.93. The second-order valence-corrected chi connectivity index (χ2v) is 4.16. The van der Waals surface area contributed by atoms with Gasteiger partial charge in [0.1, 0.15) is 6.29 Å². The van der Waals surface area contributed by atoms with Gasteiger partial charge >= 0.3 is 0 Å². The van der Waals surface area contributed by atoms with Crippen LogP contribution in [0.4, 0.5) is 0 Å². The van der Waals surface area contributed by atoms with Crippen LogP contribution >= 0.6 is 0 Å². The van der Waals surface area contributed by atoms with Crippen molar-refractivity contribution in [1.82, 2.24) is 0 Å². The summed E-state index contributed by atoms with van der Waals surface area (Å²) in [6.45, 7) is 2.19. The Labute approximate surface area is 116 Å². The molecule has 0 unspecified atom stereocenters. The third-order valence-corrected chi connectivity index (χ3v) is 2.47. The fraction of sp³-hybridized carbons (Fsp3) is 0.471. The van der Waals surface area contributed by atoms with Crippen LogP contribution in [-0.2, 0) is 4.79 Å². The molecule has 0 fully saturated rings. The van der Waals surface area contributed by atoms with Crippen molar-refractivity contribution >= 4 is 6.29 Å². The van der Waals surface area contributed by atoms with Crippen molar-refractivity contribution in [3.63, 3.8) is 0 Å². The number of carbonyl (C=O) groups excluding carboxylic acids is 1. The monoisotopic (exact) mass is 258 g/mol. The van der Waals surface area contributed by atoms with Crippen molar-refractivity contribution < 1.29 is 9.90 Å². The summed E-state index contributed by atoms with van der Waals surface area (Å²) in [6.07, 6.45) is 13.1. The first-order valence-electron chi connectivity index (χ1n) is 6.77. The van der Waals surface area contributed by atoms with Crippen LogP contribution in [0.15, 0.2) is 24.3 Å². The molecule has 2 heteroatoms.